The number of methoxy groups -OCH3 is 1. The third-order valence-electron chi connectivity index (χ3n) is 2.93. The van der Waals surface area contributed by atoms with Crippen LogP contribution >= 0.6 is 0 Å². The van der Waals surface area contributed by atoms with Gasteiger partial charge in [-0.1, -0.05) is 6.07 Å². The van der Waals surface area contributed by atoms with Gasteiger partial charge in [-0.15, -0.1) is 0 Å². The Morgan fingerprint density at radius 2 is 2.18 bits per heavy atom. The summed E-state index contributed by atoms with van der Waals surface area (Å²) in [6.07, 6.45) is 4.76. The van der Waals surface area contributed by atoms with Gasteiger partial charge in [0.15, 0.2) is 11.5 Å². The Morgan fingerprint density at radius 1 is 1.32 bits per heavy atom. The Labute approximate surface area is 129 Å². The van der Waals surface area contributed by atoms with Gasteiger partial charge in [-0.2, -0.15) is 0 Å². The fourth-order valence-electron chi connectivity index (χ4n) is 1.88. The van der Waals surface area contributed by atoms with Gasteiger partial charge in [0.2, 0.25) is 5.91 Å². The molecule has 22 heavy (non-hydrogen) atoms. The van der Waals surface area contributed by atoms with Crippen LogP contribution in [0.15, 0.2) is 47.1 Å². The lowest BCUT2D eigenvalue weighted by atomic mass is 10.2. The molecule has 0 saturated carbocycles. The van der Waals surface area contributed by atoms with Crippen LogP contribution in [-0.4, -0.2) is 19.6 Å². The molecule has 0 unspecified atom stereocenters. The van der Waals surface area contributed by atoms with Gasteiger partial charge >= 0.3 is 0 Å². The SMILES string of the molecule is CCOc1ccc(C=CC(=O)NCc2ccco2)cc1OC. The molecule has 1 aromatic carbocycles. The van der Waals surface area contributed by atoms with E-state index in [0.717, 1.165) is 5.56 Å². The number of hydrogen-bond acceptors (Lipinski definition) is 4. The molecule has 0 aliphatic heterocycles. The van der Waals surface area contributed by atoms with E-state index >= 15 is 0 Å². The van der Waals surface area contributed by atoms with Crippen LogP contribution in [0.1, 0.15) is 18.2 Å². The largest absolute Gasteiger partial charge is 0.493 e. The third kappa shape index (κ3) is 4.41. The second kappa shape index (κ2) is 7.93. The van der Waals surface area contributed by atoms with Crippen LogP contribution in [0.5, 0.6) is 11.5 Å². The second-order valence-electron chi connectivity index (χ2n) is 4.47. The smallest absolute Gasteiger partial charge is 0.244 e. The van der Waals surface area contributed by atoms with E-state index < -0.39 is 0 Å². The van der Waals surface area contributed by atoms with Crippen LogP contribution in [0.4, 0.5) is 0 Å². The van der Waals surface area contributed by atoms with Gasteiger partial charge in [-0.3, -0.25) is 4.79 Å². The van der Waals surface area contributed by atoms with Gasteiger partial charge in [-0.05, 0) is 42.8 Å². The Hall–Kier alpha value is -2.69. The normalized spacial score (nSPS) is 10.6. The van der Waals surface area contributed by atoms with Crippen LogP contribution in [-0.2, 0) is 11.3 Å². The zero-order chi connectivity index (χ0) is 15.8. The molecule has 0 radical (unpaired) electrons. The van der Waals surface area contributed by atoms with Crippen molar-refractivity contribution in [2.24, 2.45) is 0 Å². The van der Waals surface area contributed by atoms with E-state index in [-0.39, 0.29) is 5.91 Å². The summed E-state index contributed by atoms with van der Waals surface area (Å²) < 4.78 is 15.9. The van der Waals surface area contributed by atoms with E-state index in [0.29, 0.717) is 30.4 Å². The fourth-order valence-corrected chi connectivity index (χ4v) is 1.88. The van der Waals surface area contributed by atoms with Crippen molar-refractivity contribution in [1.82, 2.24) is 5.32 Å². The highest BCUT2D eigenvalue weighted by Gasteiger charge is 2.04. The molecule has 1 heterocycles. The minimum atomic E-state index is -0.191. The molecule has 1 amide bonds. The summed E-state index contributed by atoms with van der Waals surface area (Å²) >= 11 is 0. The average molecular weight is 301 g/mol. The van der Waals surface area contributed by atoms with Gasteiger partial charge in [0.25, 0.3) is 0 Å². The highest BCUT2D eigenvalue weighted by molar-refractivity contribution is 5.91. The van der Waals surface area contributed by atoms with Crippen molar-refractivity contribution in [3.63, 3.8) is 0 Å². The first-order chi connectivity index (χ1) is 10.7. The van der Waals surface area contributed by atoms with Gasteiger partial charge in [-0.25, -0.2) is 0 Å². The van der Waals surface area contributed by atoms with Crippen LogP contribution < -0.4 is 14.8 Å². The van der Waals surface area contributed by atoms with Gasteiger partial charge in [0, 0.05) is 6.08 Å². The molecular formula is C17H19NO4. The number of ether oxygens (including phenoxy) is 2. The van der Waals surface area contributed by atoms with E-state index in [4.69, 9.17) is 13.9 Å². The average Bonchev–Trinajstić information content (AvgIpc) is 3.05. The van der Waals surface area contributed by atoms with Crippen LogP contribution in [0.3, 0.4) is 0 Å². The lowest BCUT2D eigenvalue weighted by Crippen LogP contribution is -2.19. The van der Waals surface area contributed by atoms with E-state index in [1.807, 2.05) is 25.1 Å². The maximum Gasteiger partial charge on any atom is 0.244 e. The fraction of sp³-hybridized carbons (Fsp3) is 0.235. The number of nitrogens with one attached hydrogen (secondary N) is 1. The first-order valence-electron chi connectivity index (χ1n) is 7.02. The van der Waals surface area contributed by atoms with E-state index in [1.54, 1.807) is 31.6 Å². The quantitative estimate of drug-likeness (QED) is 0.799. The van der Waals surface area contributed by atoms with Crippen LogP contribution in [0.2, 0.25) is 0 Å². The molecule has 0 saturated heterocycles. The summed E-state index contributed by atoms with van der Waals surface area (Å²) in [6.45, 7) is 2.85. The zero-order valence-electron chi connectivity index (χ0n) is 12.7. The summed E-state index contributed by atoms with van der Waals surface area (Å²) in [4.78, 5) is 11.7. The third-order valence-corrected chi connectivity index (χ3v) is 2.93. The molecule has 116 valence electrons. The minimum absolute atomic E-state index is 0.191. The van der Waals surface area contributed by atoms with Crippen molar-refractivity contribution in [2.75, 3.05) is 13.7 Å². The van der Waals surface area contributed by atoms with E-state index in [2.05, 4.69) is 5.32 Å². The Bertz CT molecular complexity index is 632. The molecule has 0 spiro atoms. The number of hydrogen-bond donors (Lipinski definition) is 1. The topological polar surface area (TPSA) is 60.7 Å². The van der Waals surface area contributed by atoms with Crippen molar-refractivity contribution < 1.29 is 18.7 Å². The number of carbonyl (C=O) groups is 1. The number of benzene rings is 1. The Morgan fingerprint density at radius 3 is 2.86 bits per heavy atom. The summed E-state index contributed by atoms with van der Waals surface area (Å²) in [5, 5.41) is 2.74. The second-order valence-corrected chi connectivity index (χ2v) is 4.47. The van der Waals surface area contributed by atoms with Crippen molar-refractivity contribution in [3.05, 3.63) is 54.0 Å². The first kappa shape index (κ1) is 15.7. The lowest BCUT2D eigenvalue weighted by molar-refractivity contribution is -0.116. The summed E-state index contributed by atoms with van der Waals surface area (Å²) in [5.41, 5.74) is 0.855. The van der Waals surface area contributed by atoms with Crippen molar-refractivity contribution in [3.8, 4) is 11.5 Å². The summed E-state index contributed by atoms with van der Waals surface area (Å²) in [5.74, 6) is 1.85. The highest BCUT2D eigenvalue weighted by Crippen LogP contribution is 2.28. The molecule has 5 heteroatoms. The molecule has 5 nitrogen and oxygen atoms in total. The molecule has 2 aromatic rings. The predicted octanol–water partition coefficient (Wildman–Crippen LogP) is 3.02. The maximum atomic E-state index is 11.7. The van der Waals surface area contributed by atoms with Crippen LogP contribution in [0.25, 0.3) is 6.08 Å². The number of rotatable bonds is 7. The highest BCUT2D eigenvalue weighted by atomic mass is 16.5. The molecule has 2 rings (SSSR count). The molecule has 1 aromatic heterocycles. The summed E-state index contributed by atoms with van der Waals surface area (Å²) in [7, 11) is 1.58. The molecule has 0 aliphatic carbocycles. The van der Waals surface area contributed by atoms with Crippen LogP contribution in [0, 0.1) is 0 Å². The summed E-state index contributed by atoms with van der Waals surface area (Å²) in [6, 6.07) is 9.10. The Balaban J connectivity index is 1.95. The number of carbonyl (C=O) groups excluding carboxylic acids is 1. The predicted molar refractivity (Wildman–Crippen MR) is 83.8 cm³/mol. The monoisotopic (exact) mass is 301 g/mol. The van der Waals surface area contributed by atoms with Crippen molar-refractivity contribution >= 4 is 12.0 Å². The standard InChI is InChI=1S/C17H19NO4/c1-3-21-15-8-6-13(11-16(15)20-2)7-9-17(19)18-12-14-5-4-10-22-14/h4-11H,3,12H2,1-2H3,(H,18,19). The molecular weight excluding hydrogens is 282 g/mol. The minimum Gasteiger partial charge on any atom is -0.493 e. The Kier molecular flexibility index (Phi) is 5.65. The van der Waals surface area contributed by atoms with Gasteiger partial charge < -0.3 is 19.2 Å². The van der Waals surface area contributed by atoms with E-state index in [1.165, 1.54) is 6.08 Å². The lowest BCUT2D eigenvalue weighted by Gasteiger charge is -2.09. The number of furan rings is 1. The zero-order valence-corrected chi connectivity index (χ0v) is 12.7. The van der Waals surface area contributed by atoms with E-state index in [9.17, 15) is 4.79 Å². The molecule has 0 aliphatic rings. The van der Waals surface area contributed by atoms with Gasteiger partial charge in [0.05, 0.1) is 26.5 Å². The molecule has 0 atom stereocenters. The van der Waals surface area contributed by atoms with Crippen molar-refractivity contribution in [2.45, 2.75) is 13.5 Å². The van der Waals surface area contributed by atoms with Crippen molar-refractivity contribution in [1.29, 1.82) is 0 Å². The molecule has 0 fully saturated rings. The van der Waals surface area contributed by atoms with Gasteiger partial charge in [0.1, 0.15) is 5.76 Å². The molecule has 0 bridgehead atoms. The first-order valence-corrected chi connectivity index (χ1v) is 7.02. The maximum absolute atomic E-state index is 11.7. The number of amides is 1. The molecule has 1 N–H and O–H groups in total.